The molecule has 42 heavy (non-hydrogen) atoms. The molecule has 6 rings (SSSR count). The maximum atomic E-state index is 13.7. The zero-order valence-corrected chi connectivity index (χ0v) is 24.6. The Morgan fingerprint density at radius 1 is 0.833 bits per heavy atom. The van der Waals surface area contributed by atoms with E-state index in [2.05, 4.69) is 40.0 Å². The molecule has 0 atom stereocenters. The van der Waals surface area contributed by atoms with E-state index < -0.39 is 11.7 Å². The first-order valence-electron chi connectivity index (χ1n) is 15.0. The lowest BCUT2D eigenvalue weighted by Crippen LogP contribution is -2.32. The SMILES string of the molecule is CCc1cnc(N(Cc2cc(C)cc(C(F)(F)F)c2)Cc2cc3cccc(C)c3nc2N(CC2CC2)CC2CC2)nc1. The number of alkyl halides is 3. The van der Waals surface area contributed by atoms with Crippen LogP contribution in [0.25, 0.3) is 10.9 Å². The number of para-hydroxylation sites is 1. The van der Waals surface area contributed by atoms with Crippen molar-refractivity contribution in [3.63, 3.8) is 0 Å². The van der Waals surface area contributed by atoms with Gasteiger partial charge in [0.1, 0.15) is 5.82 Å². The molecule has 4 aromatic rings. The van der Waals surface area contributed by atoms with Gasteiger partial charge in [0.2, 0.25) is 5.95 Å². The largest absolute Gasteiger partial charge is 0.416 e. The van der Waals surface area contributed by atoms with Gasteiger partial charge in [-0.2, -0.15) is 13.2 Å². The van der Waals surface area contributed by atoms with Gasteiger partial charge in [-0.3, -0.25) is 0 Å². The van der Waals surface area contributed by atoms with Crippen molar-refractivity contribution in [3.05, 3.63) is 88.2 Å². The number of aromatic nitrogens is 3. The zero-order valence-electron chi connectivity index (χ0n) is 24.6. The highest BCUT2D eigenvalue weighted by molar-refractivity contribution is 5.84. The third-order valence-electron chi connectivity index (χ3n) is 8.34. The van der Waals surface area contributed by atoms with Crippen LogP contribution in [0.5, 0.6) is 0 Å². The second-order valence-electron chi connectivity index (χ2n) is 12.2. The molecule has 2 aromatic carbocycles. The maximum absolute atomic E-state index is 13.7. The van der Waals surface area contributed by atoms with Crippen molar-refractivity contribution in [2.24, 2.45) is 11.8 Å². The molecule has 220 valence electrons. The average molecular weight is 574 g/mol. The van der Waals surface area contributed by atoms with Gasteiger partial charge in [0.15, 0.2) is 0 Å². The second kappa shape index (κ2) is 11.5. The molecule has 0 radical (unpaired) electrons. The average Bonchev–Trinajstić information content (AvgIpc) is 3.89. The molecule has 0 spiro atoms. The van der Waals surface area contributed by atoms with Crippen LogP contribution >= 0.6 is 0 Å². The Kier molecular flexibility index (Phi) is 7.81. The van der Waals surface area contributed by atoms with E-state index in [0.717, 1.165) is 52.9 Å². The fourth-order valence-electron chi connectivity index (χ4n) is 5.68. The van der Waals surface area contributed by atoms with Crippen LogP contribution in [0.1, 0.15) is 66.0 Å². The molecular formula is C34H38F3N5. The molecule has 2 aliphatic rings. The van der Waals surface area contributed by atoms with Gasteiger partial charge in [0.25, 0.3) is 0 Å². The van der Waals surface area contributed by atoms with Crippen molar-refractivity contribution < 1.29 is 13.2 Å². The van der Waals surface area contributed by atoms with Gasteiger partial charge in [0, 0.05) is 49.5 Å². The van der Waals surface area contributed by atoms with Gasteiger partial charge >= 0.3 is 6.18 Å². The highest BCUT2D eigenvalue weighted by atomic mass is 19.4. The summed E-state index contributed by atoms with van der Waals surface area (Å²) < 4.78 is 41.2. The van der Waals surface area contributed by atoms with Gasteiger partial charge in [-0.15, -0.1) is 0 Å². The Hall–Kier alpha value is -3.68. The van der Waals surface area contributed by atoms with Crippen LogP contribution in [0, 0.1) is 25.7 Å². The standard InChI is InChI=1S/C34H38F3N5/c1-4-24-16-38-33(39-17-24)42(20-27-12-22(2)13-30(14-27)34(35,36)37)21-29-15-28-7-5-6-23(3)31(28)40-32(29)41(18-25-8-9-25)19-26-10-11-26/h5-7,12-17,25-26H,4,8-11,18-21H2,1-3H3. The number of aryl methyl sites for hydroxylation is 3. The highest BCUT2D eigenvalue weighted by Gasteiger charge is 2.33. The number of halogens is 3. The van der Waals surface area contributed by atoms with Crippen molar-refractivity contribution in [2.45, 2.75) is 72.1 Å². The van der Waals surface area contributed by atoms with Gasteiger partial charge in [-0.1, -0.05) is 36.8 Å². The molecule has 0 N–H and O–H groups in total. The quantitative estimate of drug-likeness (QED) is 0.182. The van der Waals surface area contributed by atoms with Crippen LogP contribution in [0.3, 0.4) is 0 Å². The molecule has 0 bridgehead atoms. The Morgan fingerprint density at radius 2 is 1.52 bits per heavy atom. The van der Waals surface area contributed by atoms with Crippen molar-refractivity contribution >= 4 is 22.7 Å². The molecule has 0 unspecified atom stereocenters. The summed E-state index contributed by atoms with van der Waals surface area (Å²) in [6.07, 6.45) is 5.02. The van der Waals surface area contributed by atoms with E-state index in [9.17, 15) is 13.2 Å². The number of fused-ring (bicyclic) bond motifs is 1. The number of pyridine rings is 1. The zero-order chi connectivity index (χ0) is 29.4. The molecule has 2 aliphatic carbocycles. The van der Waals surface area contributed by atoms with Crippen molar-refractivity contribution in [1.29, 1.82) is 0 Å². The third kappa shape index (κ3) is 6.69. The van der Waals surface area contributed by atoms with E-state index in [1.807, 2.05) is 36.4 Å². The van der Waals surface area contributed by atoms with Crippen LogP contribution in [0.15, 0.2) is 54.9 Å². The molecule has 2 saturated carbocycles. The topological polar surface area (TPSA) is 45.2 Å². The third-order valence-corrected chi connectivity index (χ3v) is 8.34. The number of benzene rings is 2. The van der Waals surface area contributed by atoms with E-state index in [0.29, 0.717) is 35.5 Å². The first-order valence-corrected chi connectivity index (χ1v) is 15.0. The Labute approximate surface area is 245 Å². The van der Waals surface area contributed by atoms with E-state index >= 15 is 0 Å². The van der Waals surface area contributed by atoms with Gasteiger partial charge in [0.05, 0.1) is 11.1 Å². The lowest BCUT2D eigenvalue weighted by Gasteiger charge is -2.30. The highest BCUT2D eigenvalue weighted by Crippen LogP contribution is 2.38. The monoisotopic (exact) mass is 573 g/mol. The number of hydrogen-bond acceptors (Lipinski definition) is 5. The summed E-state index contributed by atoms with van der Waals surface area (Å²) in [5.74, 6) is 2.86. The summed E-state index contributed by atoms with van der Waals surface area (Å²) in [7, 11) is 0. The Morgan fingerprint density at radius 3 is 2.14 bits per heavy atom. The van der Waals surface area contributed by atoms with Gasteiger partial charge < -0.3 is 9.80 Å². The summed E-state index contributed by atoms with van der Waals surface area (Å²) in [5, 5.41) is 1.06. The molecule has 8 heteroatoms. The lowest BCUT2D eigenvalue weighted by molar-refractivity contribution is -0.137. The summed E-state index contributed by atoms with van der Waals surface area (Å²) in [4.78, 5) is 19.1. The molecular weight excluding hydrogens is 535 g/mol. The first kappa shape index (κ1) is 28.4. The minimum Gasteiger partial charge on any atom is -0.356 e. The summed E-state index contributed by atoms with van der Waals surface area (Å²) in [5.41, 5.74) is 4.70. The van der Waals surface area contributed by atoms with E-state index in [-0.39, 0.29) is 6.54 Å². The lowest BCUT2D eigenvalue weighted by atomic mass is 10.0. The fraction of sp³-hybridized carbons (Fsp3) is 0.441. The van der Waals surface area contributed by atoms with Gasteiger partial charge in [-0.05, 0) is 92.7 Å². The molecule has 0 amide bonds. The minimum atomic E-state index is -4.41. The fourth-order valence-corrected chi connectivity index (χ4v) is 5.68. The normalized spacial score (nSPS) is 15.3. The van der Waals surface area contributed by atoms with Crippen LogP contribution in [0.4, 0.5) is 24.9 Å². The summed E-state index contributed by atoms with van der Waals surface area (Å²) in [6, 6.07) is 12.7. The molecule has 2 heterocycles. The predicted octanol–water partition coefficient (Wildman–Crippen LogP) is 8.06. The number of nitrogens with zero attached hydrogens (tertiary/aromatic N) is 5. The molecule has 2 fully saturated rings. The summed E-state index contributed by atoms with van der Waals surface area (Å²) >= 11 is 0. The van der Waals surface area contributed by atoms with Crippen LogP contribution in [-0.2, 0) is 25.7 Å². The second-order valence-corrected chi connectivity index (χ2v) is 12.2. The molecule has 0 saturated heterocycles. The predicted molar refractivity (Wildman–Crippen MR) is 162 cm³/mol. The van der Waals surface area contributed by atoms with Crippen LogP contribution in [0.2, 0.25) is 0 Å². The van der Waals surface area contributed by atoms with Crippen molar-refractivity contribution in [2.75, 3.05) is 22.9 Å². The summed E-state index contributed by atoms with van der Waals surface area (Å²) in [6.45, 7) is 8.49. The molecule has 5 nitrogen and oxygen atoms in total. The maximum Gasteiger partial charge on any atom is 0.416 e. The van der Waals surface area contributed by atoms with E-state index in [1.54, 1.807) is 6.92 Å². The van der Waals surface area contributed by atoms with Crippen molar-refractivity contribution in [3.8, 4) is 0 Å². The van der Waals surface area contributed by atoms with Crippen LogP contribution < -0.4 is 9.80 Å². The number of rotatable bonds is 11. The van der Waals surface area contributed by atoms with Crippen LogP contribution in [-0.4, -0.2) is 28.0 Å². The molecule has 2 aromatic heterocycles. The Balaban J connectivity index is 1.43. The minimum absolute atomic E-state index is 0.243. The first-order chi connectivity index (χ1) is 20.2. The Bertz CT molecular complexity index is 1540. The molecule has 0 aliphatic heterocycles. The van der Waals surface area contributed by atoms with Crippen molar-refractivity contribution in [1.82, 2.24) is 15.0 Å². The smallest absolute Gasteiger partial charge is 0.356 e. The number of hydrogen-bond donors (Lipinski definition) is 0. The van der Waals surface area contributed by atoms with E-state index in [1.165, 1.54) is 37.8 Å². The van der Waals surface area contributed by atoms with E-state index in [4.69, 9.17) is 4.98 Å². The van der Waals surface area contributed by atoms with Gasteiger partial charge in [-0.25, -0.2) is 15.0 Å². The number of anilines is 2.